The number of ether oxygens (including phenoxy) is 2. The Morgan fingerprint density at radius 2 is 0.842 bits per heavy atom. The molecule has 0 amide bonds. The standard InChI is InChI=1S/C33H64O5/c1-4-5-6-7-8-13-17-20-23-26-32(35)37-28-31(34)29-38-33(36)27-24-21-18-15-12-10-9-11-14-16-19-22-25-30(2)3/h30-31,34H,4-29H2,1-3H3/t31-/m0/s1. The minimum Gasteiger partial charge on any atom is -0.463 e. The van der Waals surface area contributed by atoms with Crippen molar-refractivity contribution < 1.29 is 24.2 Å². The summed E-state index contributed by atoms with van der Waals surface area (Å²) in [5, 5.41) is 9.93. The van der Waals surface area contributed by atoms with Gasteiger partial charge in [-0.3, -0.25) is 9.59 Å². The van der Waals surface area contributed by atoms with Crippen molar-refractivity contribution in [3.05, 3.63) is 0 Å². The molecule has 0 aromatic rings. The summed E-state index contributed by atoms with van der Waals surface area (Å²) >= 11 is 0. The van der Waals surface area contributed by atoms with Crippen LogP contribution in [0.2, 0.25) is 0 Å². The van der Waals surface area contributed by atoms with Crippen molar-refractivity contribution in [1.29, 1.82) is 0 Å². The number of hydrogen-bond donors (Lipinski definition) is 1. The smallest absolute Gasteiger partial charge is 0.305 e. The van der Waals surface area contributed by atoms with Gasteiger partial charge in [-0.1, -0.05) is 149 Å². The number of aliphatic hydroxyl groups excluding tert-OH is 1. The van der Waals surface area contributed by atoms with E-state index in [1.807, 2.05) is 0 Å². The Morgan fingerprint density at radius 3 is 1.18 bits per heavy atom. The second kappa shape index (κ2) is 28.9. The van der Waals surface area contributed by atoms with Crippen molar-refractivity contribution in [2.45, 2.75) is 181 Å². The van der Waals surface area contributed by atoms with E-state index in [9.17, 15) is 14.7 Å². The van der Waals surface area contributed by atoms with Gasteiger partial charge in [0.2, 0.25) is 0 Å². The topological polar surface area (TPSA) is 72.8 Å². The third kappa shape index (κ3) is 29.5. The Morgan fingerprint density at radius 1 is 0.526 bits per heavy atom. The van der Waals surface area contributed by atoms with E-state index >= 15 is 0 Å². The third-order valence-corrected chi connectivity index (χ3v) is 7.27. The van der Waals surface area contributed by atoms with Gasteiger partial charge in [-0.15, -0.1) is 0 Å². The van der Waals surface area contributed by atoms with E-state index in [0.29, 0.717) is 12.8 Å². The zero-order chi connectivity index (χ0) is 28.1. The summed E-state index contributed by atoms with van der Waals surface area (Å²) in [6.07, 6.45) is 27.2. The van der Waals surface area contributed by atoms with Crippen LogP contribution in [0.5, 0.6) is 0 Å². The van der Waals surface area contributed by atoms with Crippen LogP contribution in [0.25, 0.3) is 0 Å². The minimum atomic E-state index is -0.953. The second-order valence-corrected chi connectivity index (χ2v) is 11.8. The van der Waals surface area contributed by atoms with Crippen molar-refractivity contribution in [3.63, 3.8) is 0 Å². The van der Waals surface area contributed by atoms with E-state index in [1.165, 1.54) is 109 Å². The predicted molar refractivity (Wildman–Crippen MR) is 159 cm³/mol. The van der Waals surface area contributed by atoms with Gasteiger partial charge in [0.25, 0.3) is 0 Å². The molecule has 0 aromatic carbocycles. The van der Waals surface area contributed by atoms with Crippen molar-refractivity contribution >= 4 is 11.9 Å². The average molecular weight is 541 g/mol. The number of carbonyl (C=O) groups excluding carboxylic acids is 2. The summed E-state index contributed by atoms with van der Waals surface area (Å²) in [5.74, 6) is 0.282. The molecule has 5 nitrogen and oxygen atoms in total. The van der Waals surface area contributed by atoms with Crippen LogP contribution >= 0.6 is 0 Å². The number of rotatable bonds is 29. The van der Waals surface area contributed by atoms with Gasteiger partial charge < -0.3 is 14.6 Å². The molecule has 0 aliphatic rings. The fraction of sp³-hybridized carbons (Fsp3) is 0.939. The molecular weight excluding hydrogens is 476 g/mol. The highest BCUT2D eigenvalue weighted by atomic mass is 16.6. The quantitative estimate of drug-likeness (QED) is 0.0755. The maximum atomic E-state index is 11.9. The molecule has 0 aliphatic heterocycles. The Balaban J connectivity index is 3.40. The van der Waals surface area contributed by atoms with Crippen LogP contribution in [0.1, 0.15) is 175 Å². The SMILES string of the molecule is CCCCCCCCCCCC(=O)OC[C@H](O)COC(=O)CCCCCCCCCCCCCCC(C)C. The zero-order valence-corrected chi connectivity index (χ0v) is 25.6. The van der Waals surface area contributed by atoms with Crippen LogP contribution in [-0.2, 0) is 19.1 Å². The molecule has 0 saturated carbocycles. The lowest BCUT2D eigenvalue weighted by atomic mass is 10.0. The Bertz CT molecular complexity index is 520. The normalized spacial score (nSPS) is 12.1. The lowest BCUT2D eigenvalue weighted by Crippen LogP contribution is -2.25. The number of esters is 2. The van der Waals surface area contributed by atoms with Gasteiger partial charge in [-0.2, -0.15) is 0 Å². The zero-order valence-electron chi connectivity index (χ0n) is 25.6. The molecule has 1 N–H and O–H groups in total. The van der Waals surface area contributed by atoms with Gasteiger partial charge in [0, 0.05) is 12.8 Å². The second-order valence-electron chi connectivity index (χ2n) is 11.8. The molecule has 0 aliphatic carbocycles. The van der Waals surface area contributed by atoms with Gasteiger partial charge in [-0.25, -0.2) is 0 Å². The van der Waals surface area contributed by atoms with Gasteiger partial charge in [0.05, 0.1) is 0 Å². The fourth-order valence-corrected chi connectivity index (χ4v) is 4.74. The molecule has 0 aromatic heterocycles. The van der Waals surface area contributed by atoms with Crippen LogP contribution in [-0.4, -0.2) is 36.4 Å². The summed E-state index contributed by atoms with van der Waals surface area (Å²) in [6, 6.07) is 0. The molecular formula is C33H64O5. The van der Waals surface area contributed by atoms with Crippen LogP contribution in [0.15, 0.2) is 0 Å². The largest absolute Gasteiger partial charge is 0.463 e. The van der Waals surface area contributed by atoms with E-state index in [4.69, 9.17) is 9.47 Å². The lowest BCUT2D eigenvalue weighted by Gasteiger charge is -2.12. The number of carbonyl (C=O) groups is 2. The lowest BCUT2D eigenvalue weighted by molar-refractivity contribution is -0.152. The van der Waals surface area contributed by atoms with Crippen molar-refractivity contribution in [3.8, 4) is 0 Å². The van der Waals surface area contributed by atoms with E-state index in [2.05, 4.69) is 20.8 Å². The minimum absolute atomic E-state index is 0.109. The van der Waals surface area contributed by atoms with Crippen LogP contribution < -0.4 is 0 Å². The Labute approximate surface area is 236 Å². The Hall–Kier alpha value is -1.10. The molecule has 1 atom stereocenters. The van der Waals surface area contributed by atoms with E-state index < -0.39 is 6.10 Å². The van der Waals surface area contributed by atoms with Crippen LogP contribution in [0.4, 0.5) is 0 Å². The molecule has 0 rings (SSSR count). The molecule has 5 heteroatoms. The van der Waals surface area contributed by atoms with Crippen molar-refractivity contribution in [2.24, 2.45) is 5.92 Å². The highest BCUT2D eigenvalue weighted by Crippen LogP contribution is 2.15. The first kappa shape index (κ1) is 36.9. The predicted octanol–water partition coefficient (Wildman–Crippen LogP) is 9.47. The number of hydrogen-bond acceptors (Lipinski definition) is 5. The maximum Gasteiger partial charge on any atom is 0.305 e. The highest BCUT2D eigenvalue weighted by Gasteiger charge is 2.12. The number of aliphatic hydroxyl groups is 1. The first-order chi connectivity index (χ1) is 18.5. The van der Waals surface area contributed by atoms with E-state index in [-0.39, 0.29) is 25.2 Å². The molecule has 0 spiro atoms. The summed E-state index contributed by atoms with van der Waals surface area (Å²) in [5.41, 5.74) is 0. The average Bonchev–Trinajstić information content (AvgIpc) is 2.89. The summed E-state index contributed by atoms with van der Waals surface area (Å²) < 4.78 is 10.3. The van der Waals surface area contributed by atoms with Crippen LogP contribution in [0, 0.1) is 5.92 Å². The Kier molecular flexibility index (Phi) is 28.1. The molecule has 0 radical (unpaired) electrons. The van der Waals surface area contributed by atoms with Gasteiger partial charge >= 0.3 is 11.9 Å². The molecule has 0 fully saturated rings. The summed E-state index contributed by atoms with van der Waals surface area (Å²) in [4.78, 5) is 23.7. The monoisotopic (exact) mass is 540 g/mol. The van der Waals surface area contributed by atoms with Crippen molar-refractivity contribution in [1.82, 2.24) is 0 Å². The molecule has 226 valence electrons. The third-order valence-electron chi connectivity index (χ3n) is 7.27. The van der Waals surface area contributed by atoms with Crippen molar-refractivity contribution in [2.75, 3.05) is 13.2 Å². The number of unbranched alkanes of at least 4 members (excludes halogenated alkanes) is 19. The molecule has 0 bridgehead atoms. The molecule has 0 unspecified atom stereocenters. The van der Waals surface area contributed by atoms with Crippen LogP contribution in [0.3, 0.4) is 0 Å². The fourth-order valence-electron chi connectivity index (χ4n) is 4.74. The highest BCUT2D eigenvalue weighted by molar-refractivity contribution is 5.69. The first-order valence-corrected chi connectivity index (χ1v) is 16.4. The summed E-state index contributed by atoms with van der Waals surface area (Å²) in [6.45, 7) is 6.62. The van der Waals surface area contributed by atoms with Gasteiger partial charge in [0.15, 0.2) is 0 Å². The molecule has 0 saturated heterocycles. The maximum absolute atomic E-state index is 11.9. The molecule has 38 heavy (non-hydrogen) atoms. The van der Waals surface area contributed by atoms with E-state index in [1.54, 1.807) is 0 Å². The first-order valence-electron chi connectivity index (χ1n) is 16.4. The van der Waals surface area contributed by atoms with Gasteiger partial charge in [-0.05, 0) is 18.8 Å². The summed E-state index contributed by atoms with van der Waals surface area (Å²) in [7, 11) is 0. The van der Waals surface area contributed by atoms with Gasteiger partial charge in [0.1, 0.15) is 19.3 Å². The molecule has 0 heterocycles. The van der Waals surface area contributed by atoms with E-state index in [0.717, 1.165) is 38.0 Å².